The van der Waals surface area contributed by atoms with Crippen LogP contribution in [0.3, 0.4) is 0 Å². The second kappa shape index (κ2) is 9.27. The summed E-state index contributed by atoms with van der Waals surface area (Å²) in [4.78, 5) is 23.8. The van der Waals surface area contributed by atoms with Gasteiger partial charge in [-0.25, -0.2) is 9.59 Å². The Bertz CT molecular complexity index is 1190. The number of hydrogen-bond acceptors (Lipinski definition) is 5. The average Bonchev–Trinajstić information content (AvgIpc) is 3.14. The number of esters is 1. The molecule has 0 saturated carbocycles. The Labute approximate surface area is 186 Å². The molecule has 0 aliphatic heterocycles. The largest absolute Gasteiger partial charge is 0.465 e. The van der Waals surface area contributed by atoms with Crippen LogP contribution in [0.1, 0.15) is 33.0 Å². The number of carbonyl (C=O) groups is 2. The molecule has 0 spiro atoms. The zero-order chi connectivity index (χ0) is 22.5. The van der Waals surface area contributed by atoms with Crippen molar-refractivity contribution in [2.45, 2.75) is 5.92 Å². The Kier molecular flexibility index (Phi) is 6.09. The number of alkyl carbamates (subject to hydrolysis) is 1. The fourth-order valence-corrected chi connectivity index (χ4v) is 3.81. The molecule has 0 saturated heterocycles. The van der Waals surface area contributed by atoms with Gasteiger partial charge in [0.1, 0.15) is 6.61 Å². The van der Waals surface area contributed by atoms with Crippen LogP contribution in [0, 0.1) is 11.8 Å². The zero-order valence-electron chi connectivity index (χ0n) is 17.6. The molecule has 6 nitrogen and oxygen atoms in total. The first-order valence-corrected chi connectivity index (χ1v) is 10.1. The summed E-state index contributed by atoms with van der Waals surface area (Å²) in [6.07, 6.45) is -0.544. The van der Waals surface area contributed by atoms with Gasteiger partial charge in [0.25, 0.3) is 0 Å². The van der Waals surface area contributed by atoms with Crippen LogP contribution in [0.4, 0.5) is 10.5 Å². The van der Waals surface area contributed by atoms with E-state index in [9.17, 15) is 9.59 Å². The lowest BCUT2D eigenvalue weighted by atomic mass is 9.98. The third kappa shape index (κ3) is 4.28. The van der Waals surface area contributed by atoms with E-state index in [-0.39, 0.29) is 19.1 Å². The molecule has 3 aromatic rings. The number of benzene rings is 3. The molecule has 160 valence electrons. The number of rotatable bonds is 4. The van der Waals surface area contributed by atoms with Crippen molar-refractivity contribution >= 4 is 17.7 Å². The van der Waals surface area contributed by atoms with Gasteiger partial charge in [-0.1, -0.05) is 60.4 Å². The maximum Gasteiger partial charge on any atom is 0.407 e. The molecule has 3 aromatic carbocycles. The van der Waals surface area contributed by atoms with Gasteiger partial charge in [-0.15, -0.1) is 0 Å². The number of hydrogen-bond donors (Lipinski definition) is 2. The minimum atomic E-state index is -0.544. The molecule has 0 radical (unpaired) electrons. The van der Waals surface area contributed by atoms with Gasteiger partial charge >= 0.3 is 12.1 Å². The summed E-state index contributed by atoms with van der Waals surface area (Å²) in [6.45, 7) is 0.319. The van der Waals surface area contributed by atoms with E-state index in [0.717, 1.165) is 11.1 Å². The van der Waals surface area contributed by atoms with Gasteiger partial charge in [0.15, 0.2) is 0 Å². The monoisotopic (exact) mass is 426 g/mol. The fourth-order valence-electron chi connectivity index (χ4n) is 3.81. The number of anilines is 1. The van der Waals surface area contributed by atoms with Gasteiger partial charge < -0.3 is 20.5 Å². The molecule has 4 rings (SSSR count). The molecular formula is C26H22N2O4. The molecule has 1 amide bonds. The Morgan fingerprint density at radius 2 is 1.66 bits per heavy atom. The molecule has 0 atom stereocenters. The first kappa shape index (κ1) is 21.0. The smallest absolute Gasteiger partial charge is 0.407 e. The summed E-state index contributed by atoms with van der Waals surface area (Å²) in [5.41, 5.74) is 11.8. The highest BCUT2D eigenvalue weighted by atomic mass is 16.5. The minimum absolute atomic E-state index is 0.0000869. The molecule has 32 heavy (non-hydrogen) atoms. The van der Waals surface area contributed by atoms with Crippen molar-refractivity contribution in [1.29, 1.82) is 0 Å². The Morgan fingerprint density at radius 3 is 2.31 bits per heavy atom. The topological polar surface area (TPSA) is 90.6 Å². The normalized spacial score (nSPS) is 11.5. The number of fused-ring (bicyclic) bond motifs is 3. The van der Waals surface area contributed by atoms with E-state index in [1.165, 1.54) is 18.2 Å². The second-order valence-corrected chi connectivity index (χ2v) is 7.27. The van der Waals surface area contributed by atoms with Crippen molar-refractivity contribution in [3.8, 4) is 23.0 Å². The number of nitrogen functional groups attached to an aromatic ring is 1. The lowest BCUT2D eigenvalue weighted by Crippen LogP contribution is -2.26. The van der Waals surface area contributed by atoms with Crippen molar-refractivity contribution in [3.05, 3.63) is 89.0 Å². The van der Waals surface area contributed by atoms with Crippen LogP contribution < -0.4 is 11.1 Å². The number of methoxy groups -OCH3 is 1. The Balaban J connectivity index is 1.35. The summed E-state index contributed by atoms with van der Waals surface area (Å²) < 4.78 is 10.2. The molecule has 6 heteroatoms. The van der Waals surface area contributed by atoms with E-state index in [0.29, 0.717) is 16.8 Å². The highest BCUT2D eigenvalue weighted by Crippen LogP contribution is 2.44. The van der Waals surface area contributed by atoms with Crippen molar-refractivity contribution in [2.24, 2.45) is 0 Å². The van der Waals surface area contributed by atoms with Gasteiger partial charge in [0.2, 0.25) is 0 Å². The average molecular weight is 426 g/mol. The molecular weight excluding hydrogens is 404 g/mol. The number of nitrogens with two attached hydrogens (primary N) is 1. The second-order valence-electron chi connectivity index (χ2n) is 7.27. The van der Waals surface area contributed by atoms with Crippen molar-refractivity contribution < 1.29 is 19.1 Å². The van der Waals surface area contributed by atoms with E-state index in [4.69, 9.17) is 15.2 Å². The predicted octanol–water partition coefficient (Wildman–Crippen LogP) is 3.95. The van der Waals surface area contributed by atoms with Crippen molar-refractivity contribution in [1.82, 2.24) is 5.32 Å². The molecule has 1 aliphatic carbocycles. The molecule has 0 bridgehead atoms. The Morgan fingerprint density at radius 1 is 1.00 bits per heavy atom. The number of ether oxygens (including phenoxy) is 2. The summed E-state index contributed by atoms with van der Waals surface area (Å²) in [7, 11) is 1.31. The van der Waals surface area contributed by atoms with Crippen molar-refractivity contribution in [3.63, 3.8) is 0 Å². The summed E-state index contributed by atoms with van der Waals surface area (Å²) >= 11 is 0. The van der Waals surface area contributed by atoms with Crippen LogP contribution in [-0.2, 0) is 9.47 Å². The fraction of sp³-hybridized carbons (Fsp3) is 0.154. The first-order valence-electron chi connectivity index (χ1n) is 10.1. The summed E-state index contributed by atoms with van der Waals surface area (Å²) in [5, 5.41) is 2.63. The molecule has 3 N–H and O–H groups in total. The van der Waals surface area contributed by atoms with Crippen LogP contribution in [-0.4, -0.2) is 32.3 Å². The summed E-state index contributed by atoms with van der Waals surface area (Å²) in [5.74, 6) is 5.21. The summed E-state index contributed by atoms with van der Waals surface area (Å²) in [6, 6.07) is 21.0. The van der Waals surface area contributed by atoms with Crippen LogP contribution in [0.15, 0.2) is 66.7 Å². The SMILES string of the molecule is COC(=O)c1ccc(N)c(C#CCNC(=O)OCC2c3ccccc3-c3ccccc32)c1. The van der Waals surface area contributed by atoms with Crippen LogP contribution in [0.2, 0.25) is 0 Å². The minimum Gasteiger partial charge on any atom is -0.465 e. The Hall–Kier alpha value is -4.24. The van der Waals surface area contributed by atoms with Crippen LogP contribution >= 0.6 is 0 Å². The lowest BCUT2D eigenvalue weighted by Gasteiger charge is -2.14. The van der Waals surface area contributed by atoms with Gasteiger partial charge in [0, 0.05) is 17.2 Å². The first-order chi connectivity index (χ1) is 15.6. The predicted molar refractivity (Wildman–Crippen MR) is 122 cm³/mol. The highest BCUT2D eigenvalue weighted by molar-refractivity contribution is 5.90. The van der Waals surface area contributed by atoms with Crippen LogP contribution in [0.25, 0.3) is 11.1 Å². The maximum absolute atomic E-state index is 12.2. The molecule has 0 aromatic heterocycles. The van der Waals surface area contributed by atoms with E-state index < -0.39 is 12.1 Å². The van der Waals surface area contributed by atoms with Gasteiger partial charge in [0.05, 0.1) is 19.2 Å². The van der Waals surface area contributed by atoms with Crippen LogP contribution in [0.5, 0.6) is 0 Å². The maximum atomic E-state index is 12.2. The third-order valence-electron chi connectivity index (χ3n) is 5.36. The van der Waals surface area contributed by atoms with E-state index >= 15 is 0 Å². The molecule has 0 fully saturated rings. The molecule has 0 unspecified atom stereocenters. The third-order valence-corrected chi connectivity index (χ3v) is 5.36. The highest BCUT2D eigenvalue weighted by Gasteiger charge is 2.28. The standard InChI is InChI=1S/C26H22N2O4/c1-31-25(29)18-12-13-24(27)17(15-18)7-6-14-28-26(30)32-16-23-21-10-4-2-8-19(21)20-9-3-5-11-22(20)23/h2-5,8-13,15,23H,14,16,27H2,1H3,(H,28,30). The van der Waals surface area contributed by atoms with Gasteiger partial charge in [-0.05, 0) is 40.5 Å². The number of amides is 1. The van der Waals surface area contributed by atoms with E-state index in [1.54, 1.807) is 18.2 Å². The van der Waals surface area contributed by atoms with Gasteiger partial charge in [-0.3, -0.25) is 0 Å². The number of nitrogens with one attached hydrogen (secondary N) is 1. The van der Waals surface area contributed by atoms with Crippen molar-refractivity contribution in [2.75, 3.05) is 26.0 Å². The zero-order valence-corrected chi connectivity index (χ0v) is 17.6. The molecule has 1 aliphatic rings. The number of carbonyl (C=O) groups excluding carboxylic acids is 2. The van der Waals surface area contributed by atoms with E-state index in [1.807, 2.05) is 24.3 Å². The molecule has 0 heterocycles. The quantitative estimate of drug-likeness (QED) is 0.375. The van der Waals surface area contributed by atoms with Gasteiger partial charge in [-0.2, -0.15) is 0 Å². The lowest BCUT2D eigenvalue weighted by molar-refractivity contribution is 0.0600. The van der Waals surface area contributed by atoms with E-state index in [2.05, 4.69) is 41.4 Å².